The topological polar surface area (TPSA) is 79.5 Å². The Bertz CT molecular complexity index is 761. The van der Waals surface area contributed by atoms with Crippen LogP contribution in [0.5, 0.6) is 0 Å². The molecule has 0 fully saturated rings. The fourth-order valence-electron chi connectivity index (χ4n) is 2.62. The normalized spacial score (nSPS) is 13.3. The van der Waals surface area contributed by atoms with E-state index < -0.39 is 17.4 Å². The van der Waals surface area contributed by atoms with E-state index in [9.17, 15) is 14.7 Å². The number of amides is 1. The molecule has 2 N–H and O–H groups in total. The second kappa shape index (κ2) is 6.54. The zero-order chi connectivity index (χ0) is 17.2. The SMILES string of the molecule is CC(C)C(O)C(C)(C)CNC(=O)c1cc(=O)c2ccccc2o1. The molecule has 1 unspecified atom stereocenters. The van der Waals surface area contributed by atoms with Crippen molar-refractivity contribution >= 4 is 16.9 Å². The Balaban J connectivity index is 2.17. The Labute approximate surface area is 135 Å². The fraction of sp³-hybridized carbons (Fsp3) is 0.444. The highest BCUT2D eigenvalue weighted by atomic mass is 16.3. The molecule has 1 amide bonds. The molecular formula is C18H23NO4. The van der Waals surface area contributed by atoms with Gasteiger partial charge in [0.15, 0.2) is 11.2 Å². The summed E-state index contributed by atoms with van der Waals surface area (Å²) in [6.45, 7) is 7.90. The largest absolute Gasteiger partial charge is 0.451 e. The summed E-state index contributed by atoms with van der Waals surface area (Å²) >= 11 is 0. The zero-order valence-electron chi connectivity index (χ0n) is 13.9. The molecule has 124 valence electrons. The number of aliphatic hydroxyl groups is 1. The average Bonchev–Trinajstić information content (AvgIpc) is 2.51. The number of carbonyl (C=O) groups is 1. The average molecular weight is 317 g/mol. The van der Waals surface area contributed by atoms with Gasteiger partial charge < -0.3 is 14.8 Å². The number of carbonyl (C=O) groups excluding carboxylic acids is 1. The molecule has 1 aromatic carbocycles. The Morgan fingerprint density at radius 3 is 2.61 bits per heavy atom. The van der Waals surface area contributed by atoms with Crippen molar-refractivity contribution in [3.05, 3.63) is 46.3 Å². The van der Waals surface area contributed by atoms with Gasteiger partial charge in [-0.25, -0.2) is 0 Å². The first-order chi connectivity index (χ1) is 10.7. The second-order valence-electron chi connectivity index (χ2n) is 6.83. The minimum absolute atomic E-state index is 0.0245. The van der Waals surface area contributed by atoms with Crippen molar-refractivity contribution in [3.8, 4) is 0 Å². The van der Waals surface area contributed by atoms with Crippen LogP contribution in [0.3, 0.4) is 0 Å². The number of fused-ring (bicyclic) bond motifs is 1. The molecule has 2 rings (SSSR count). The van der Waals surface area contributed by atoms with E-state index in [1.165, 1.54) is 6.07 Å². The smallest absolute Gasteiger partial charge is 0.287 e. The summed E-state index contributed by atoms with van der Waals surface area (Å²) in [4.78, 5) is 24.3. The number of para-hydroxylation sites is 1. The van der Waals surface area contributed by atoms with Gasteiger partial charge in [-0.3, -0.25) is 9.59 Å². The maximum atomic E-state index is 12.3. The molecule has 0 aliphatic carbocycles. The minimum atomic E-state index is -0.550. The third-order valence-electron chi connectivity index (χ3n) is 4.00. The van der Waals surface area contributed by atoms with Crippen molar-refractivity contribution in [2.75, 3.05) is 6.54 Å². The van der Waals surface area contributed by atoms with Crippen LogP contribution >= 0.6 is 0 Å². The van der Waals surface area contributed by atoms with E-state index in [1.54, 1.807) is 24.3 Å². The number of hydrogen-bond acceptors (Lipinski definition) is 4. The first-order valence-electron chi connectivity index (χ1n) is 7.71. The van der Waals surface area contributed by atoms with E-state index >= 15 is 0 Å². The van der Waals surface area contributed by atoms with E-state index in [0.717, 1.165) is 0 Å². The molecule has 5 nitrogen and oxygen atoms in total. The predicted molar refractivity (Wildman–Crippen MR) is 89.4 cm³/mol. The molecule has 0 spiro atoms. The standard InChI is InChI=1S/C18H23NO4/c1-11(2)16(21)18(3,4)10-19-17(22)15-9-13(20)12-7-5-6-8-14(12)23-15/h5-9,11,16,21H,10H2,1-4H3,(H,19,22). The number of aliphatic hydroxyl groups excluding tert-OH is 1. The van der Waals surface area contributed by atoms with Crippen LogP contribution in [0.2, 0.25) is 0 Å². The number of benzene rings is 1. The van der Waals surface area contributed by atoms with Crippen LogP contribution in [0.1, 0.15) is 38.2 Å². The monoisotopic (exact) mass is 317 g/mol. The molecule has 1 aromatic heterocycles. The van der Waals surface area contributed by atoms with E-state index in [-0.39, 0.29) is 23.7 Å². The van der Waals surface area contributed by atoms with Crippen LogP contribution in [-0.4, -0.2) is 23.7 Å². The van der Waals surface area contributed by atoms with Crippen LogP contribution in [0, 0.1) is 11.3 Å². The summed E-state index contributed by atoms with van der Waals surface area (Å²) < 4.78 is 5.50. The third kappa shape index (κ3) is 3.79. The van der Waals surface area contributed by atoms with E-state index in [1.807, 2.05) is 27.7 Å². The number of nitrogens with one attached hydrogen (secondary N) is 1. The Hall–Kier alpha value is -2.14. The lowest BCUT2D eigenvalue weighted by molar-refractivity contribution is 0.0136. The second-order valence-corrected chi connectivity index (χ2v) is 6.83. The van der Waals surface area contributed by atoms with Crippen LogP contribution in [0.15, 0.2) is 39.5 Å². The predicted octanol–water partition coefficient (Wildman–Crippen LogP) is 2.57. The number of rotatable bonds is 5. The summed E-state index contributed by atoms with van der Waals surface area (Å²) in [5, 5.41) is 13.4. The Morgan fingerprint density at radius 2 is 1.96 bits per heavy atom. The van der Waals surface area contributed by atoms with Crippen molar-refractivity contribution in [2.24, 2.45) is 11.3 Å². The number of hydrogen-bond donors (Lipinski definition) is 2. The van der Waals surface area contributed by atoms with Crippen LogP contribution < -0.4 is 10.7 Å². The van der Waals surface area contributed by atoms with Gasteiger partial charge in [-0.15, -0.1) is 0 Å². The molecule has 0 saturated carbocycles. The molecule has 5 heteroatoms. The van der Waals surface area contributed by atoms with Gasteiger partial charge in [0.05, 0.1) is 11.5 Å². The van der Waals surface area contributed by atoms with Crippen molar-refractivity contribution < 1.29 is 14.3 Å². The molecule has 0 aliphatic rings. The van der Waals surface area contributed by atoms with Gasteiger partial charge in [0, 0.05) is 18.0 Å². The lowest BCUT2D eigenvalue weighted by atomic mass is 9.80. The van der Waals surface area contributed by atoms with Crippen molar-refractivity contribution in [3.63, 3.8) is 0 Å². The highest BCUT2D eigenvalue weighted by Gasteiger charge is 2.30. The molecule has 1 heterocycles. The summed E-state index contributed by atoms with van der Waals surface area (Å²) in [7, 11) is 0. The molecule has 0 aliphatic heterocycles. The van der Waals surface area contributed by atoms with Crippen LogP contribution in [0.4, 0.5) is 0 Å². The minimum Gasteiger partial charge on any atom is -0.451 e. The van der Waals surface area contributed by atoms with Gasteiger partial charge in [0.1, 0.15) is 5.58 Å². The first kappa shape index (κ1) is 17.2. The first-order valence-corrected chi connectivity index (χ1v) is 7.71. The van der Waals surface area contributed by atoms with Gasteiger partial charge in [0.25, 0.3) is 5.91 Å². The maximum absolute atomic E-state index is 12.3. The lowest BCUT2D eigenvalue weighted by Crippen LogP contribution is -2.43. The quantitative estimate of drug-likeness (QED) is 0.888. The summed E-state index contributed by atoms with van der Waals surface area (Å²) in [6.07, 6.45) is -0.550. The lowest BCUT2D eigenvalue weighted by Gasteiger charge is -2.33. The van der Waals surface area contributed by atoms with Gasteiger partial charge in [-0.2, -0.15) is 0 Å². The molecule has 0 saturated heterocycles. The summed E-state index contributed by atoms with van der Waals surface area (Å²) in [5.74, 6) is -0.402. The van der Waals surface area contributed by atoms with Gasteiger partial charge in [0.2, 0.25) is 0 Å². The maximum Gasteiger partial charge on any atom is 0.287 e. The highest BCUT2D eigenvalue weighted by Crippen LogP contribution is 2.25. The van der Waals surface area contributed by atoms with E-state index in [4.69, 9.17) is 4.42 Å². The Kier molecular flexibility index (Phi) is 4.90. The highest BCUT2D eigenvalue weighted by molar-refractivity contribution is 5.93. The molecule has 2 aromatic rings. The molecule has 0 bridgehead atoms. The van der Waals surface area contributed by atoms with E-state index in [0.29, 0.717) is 11.0 Å². The van der Waals surface area contributed by atoms with Crippen molar-refractivity contribution in [1.82, 2.24) is 5.32 Å². The fourth-order valence-corrected chi connectivity index (χ4v) is 2.62. The third-order valence-corrected chi connectivity index (χ3v) is 4.00. The van der Waals surface area contributed by atoms with Gasteiger partial charge in [-0.1, -0.05) is 39.8 Å². The van der Waals surface area contributed by atoms with Crippen molar-refractivity contribution in [2.45, 2.75) is 33.8 Å². The summed E-state index contributed by atoms with van der Waals surface area (Å²) in [5.41, 5.74) is -0.355. The molecule has 23 heavy (non-hydrogen) atoms. The molecular weight excluding hydrogens is 294 g/mol. The van der Waals surface area contributed by atoms with Gasteiger partial charge >= 0.3 is 0 Å². The molecule has 0 radical (unpaired) electrons. The summed E-state index contributed by atoms with van der Waals surface area (Å²) in [6, 6.07) is 8.00. The van der Waals surface area contributed by atoms with E-state index in [2.05, 4.69) is 5.32 Å². The van der Waals surface area contributed by atoms with Crippen LogP contribution in [0.25, 0.3) is 11.0 Å². The Morgan fingerprint density at radius 1 is 1.30 bits per heavy atom. The zero-order valence-corrected chi connectivity index (χ0v) is 13.9. The van der Waals surface area contributed by atoms with Crippen molar-refractivity contribution in [1.29, 1.82) is 0 Å². The van der Waals surface area contributed by atoms with Crippen LogP contribution in [-0.2, 0) is 0 Å². The molecule has 1 atom stereocenters. The van der Waals surface area contributed by atoms with Gasteiger partial charge in [-0.05, 0) is 18.1 Å².